The molecular formula is C15H21NO. The van der Waals surface area contributed by atoms with Crippen LogP contribution in [0.2, 0.25) is 0 Å². The molecule has 1 aromatic rings. The van der Waals surface area contributed by atoms with Crippen molar-refractivity contribution in [3.05, 3.63) is 35.9 Å². The summed E-state index contributed by atoms with van der Waals surface area (Å²) in [7, 11) is 0. The van der Waals surface area contributed by atoms with Crippen LogP contribution in [0.1, 0.15) is 24.8 Å². The van der Waals surface area contributed by atoms with Crippen LogP contribution in [0.3, 0.4) is 0 Å². The van der Waals surface area contributed by atoms with E-state index in [2.05, 4.69) is 35.2 Å². The largest absolute Gasteiger partial charge is 0.393 e. The van der Waals surface area contributed by atoms with E-state index >= 15 is 0 Å². The van der Waals surface area contributed by atoms with E-state index in [1.54, 1.807) is 0 Å². The van der Waals surface area contributed by atoms with Gasteiger partial charge in [-0.1, -0.05) is 36.8 Å². The van der Waals surface area contributed by atoms with Gasteiger partial charge in [-0.05, 0) is 24.3 Å². The first kappa shape index (κ1) is 11.2. The zero-order valence-electron chi connectivity index (χ0n) is 10.3. The topological polar surface area (TPSA) is 23.5 Å². The number of fused-ring (bicyclic) bond motifs is 1. The third-order valence-electron chi connectivity index (χ3n) is 4.39. The van der Waals surface area contributed by atoms with Gasteiger partial charge in [0, 0.05) is 25.6 Å². The van der Waals surface area contributed by atoms with Gasteiger partial charge >= 0.3 is 0 Å². The van der Waals surface area contributed by atoms with Crippen LogP contribution in [0.5, 0.6) is 0 Å². The first-order chi connectivity index (χ1) is 8.33. The number of rotatable bonds is 2. The molecule has 2 nitrogen and oxygen atoms in total. The molecule has 3 atom stereocenters. The van der Waals surface area contributed by atoms with Gasteiger partial charge in [-0.25, -0.2) is 0 Å². The second-order valence-corrected chi connectivity index (χ2v) is 5.60. The predicted octanol–water partition coefficient (Wildman–Crippen LogP) is 2.28. The van der Waals surface area contributed by atoms with Crippen LogP contribution in [0.25, 0.3) is 0 Å². The van der Waals surface area contributed by atoms with Crippen molar-refractivity contribution in [2.45, 2.75) is 31.9 Å². The van der Waals surface area contributed by atoms with Crippen LogP contribution >= 0.6 is 0 Å². The molecule has 1 saturated heterocycles. The minimum absolute atomic E-state index is 0.0467. The van der Waals surface area contributed by atoms with Gasteiger partial charge in [-0.15, -0.1) is 0 Å². The van der Waals surface area contributed by atoms with Crippen LogP contribution in [0, 0.1) is 11.8 Å². The van der Waals surface area contributed by atoms with Crippen molar-refractivity contribution in [1.82, 2.24) is 4.90 Å². The Morgan fingerprint density at radius 3 is 2.71 bits per heavy atom. The van der Waals surface area contributed by atoms with Crippen molar-refractivity contribution in [3.8, 4) is 0 Å². The van der Waals surface area contributed by atoms with Gasteiger partial charge in [0.05, 0.1) is 6.10 Å². The SMILES string of the molecule is O[C@@H]1CCC[C@@H]2CN(Cc3ccccc3)C[C@@H]21. The van der Waals surface area contributed by atoms with E-state index in [9.17, 15) is 5.11 Å². The van der Waals surface area contributed by atoms with Crippen LogP contribution in [-0.4, -0.2) is 29.2 Å². The maximum atomic E-state index is 10.0. The molecule has 92 valence electrons. The fourth-order valence-electron chi connectivity index (χ4n) is 3.50. The molecule has 0 spiro atoms. The zero-order chi connectivity index (χ0) is 11.7. The number of hydrogen-bond acceptors (Lipinski definition) is 2. The average Bonchev–Trinajstić information content (AvgIpc) is 2.74. The van der Waals surface area contributed by atoms with Gasteiger partial charge in [0.2, 0.25) is 0 Å². The van der Waals surface area contributed by atoms with E-state index < -0.39 is 0 Å². The summed E-state index contributed by atoms with van der Waals surface area (Å²) in [5.41, 5.74) is 1.39. The van der Waals surface area contributed by atoms with Gasteiger partial charge in [-0.3, -0.25) is 4.90 Å². The molecule has 1 N–H and O–H groups in total. The summed E-state index contributed by atoms with van der Waals surface area (Å²) < 4.78 is 0. The van der Waals surface area contributed by atoms with E-state index in [1.807, 2.05) is 0 Å². The van der Waals surface area contributed by atoms with E-state index in [0.717, 1.165) is 25.4 Å². The smallest absolute Gasteiger partial charge is 0.0583 e. The predicted molar refractivity (Wildman–Crippen MR) is 68.6 cm³/mol. The van der Waals surface area contributed by atoms with Crippen molar-refractivity contribution >= 4 is 0 Å². The summed E-state index contributed by atoms with van der Waals surface area (Å²) in [4.78, 5) is 2.51. The molecule has 1 aliphatic heterocycles. The van der Waals surface area contributed by atoms with E-state index in [-0.39, 0.29) is 6.10 Å². The minimum atomic E-state index is -0.0467. The van der Waals surface area contributed by atoms with Crippen LogP contribution in [-0.2, 0) is 6.54 Å². The second-order valence-electron chi connectivity index (χ2n) is 5.60. The van der Waals surface area contributed by atoms with E-state index in [4.69, 9.17) is 0 Å². The molecule has 1 aromatic carbocycles. The van der Waals surface area contributed by atoms with Gasteiger partial charge in [-0.2, -0.15) is 0 Å². The number of aliphatic hydroxyl groups excluding tert-OH is 1. The molecule has 1 aliphatic carbocycles. The molecule has 17 heavy (non-hydrogen) atoms. The van der Waals surface area contributed by atoms with Crippen LogP contribution in [0.4, 0.5) is 0 Å². The summed E-state index contributed by atoms with van der Waals surface area (Å²) in [5, 5.41) is 10.0. The van der Waals surface area contributed by atoms with Crippen molar-refractivity contribution in [2.75, 3.05) is 13.1 Å². The Labute approximate surface area is 103 Å². The Bertz CT molecular complexity index is 364. The average molecular weight is 231 g/mol. The summed E-state index contributed by atoms with van der Waals surface area (Å²) >= 11 is 0. The van der Waals surface area contributed by atoms with Gasteiger partial charge in [0.1, 0.15) is 0 Å². The lowest BCUT2D eigenvalue weighted by molar-refractivity contribution is 0.0547. The van der Waals surface area contributed by atoms with Crippen molar-refractivity contribution in [3.63, 3.8) is 0 Å². The molecule has 2 fully saturated rings. The molecule has 0 unspecified atom stereocenters. The van der Waals surface area contributed by atoms with Gasteiger partial charge in [0.15, 0.2) is 0 Å². The molecule has 1 heterocycles. The highest BCUT2D eigenvalue weighted by Crippen LogP contribution is 2.36. The van der Waals surface area contributed by atoms with Crippen molar-refractivity contribution in [2.24, 2.45) is 11.8 Å². The standard InChI is InChI=1S/C15H21NO/c17-15-8-4-7-13-10-16(11-14(13)15)9-12-5-2-1-3-6-12/h1-3,5-6,13-15,17H,4,7-11H2/t13-,14+,15-/m1/s1. The van der Waals surface area contributed by atoms with Crippen molar-refractivity contribution < 1.29 is 5.11 Å². The normalized spacial score (nSPS) is 33.6. The van der Waals surface area contributed by atoms with Crippen molar-refractivity contribution in [1.29, 1.82) is 0 Å². The maximum Gasteiger partial charge on any atom is 0.0583 e. The monoisotopic (exact) mass is 231 g/mol. The number of benzene rings is 1. The van der Waals surface area contributed by atoms with Crippen LogP contribution < -0.4 is 0 Å². The summed E-state index contributed by atoms with van der Waals surface area (Å²) in [6, 6.07) is 10.7. The molecular weight excluding hydrogens is 210 g/mol. The molecule has 0 radical (unpaired) electrons. The highest BCUT2D eigenvalue weighted by molar-refractivity contribution is 5.14. The third kappa shape index (κ3) is 2.38. The number of likely N-dealkylation sites (tertiary alicyclic amines) is 1. The lowest BCUT2D eigenvalue weighted by atomic mass is 9.80. The Morgan fingerprint density at radius 1 is 1.12 bits per heavy atom. The maximum absolute atomic E-state index is 10.0. The first-order valence-electron chi connectivity index (χ1n) is 6.77. The Morgan fingerprint density at radius 2 is 1.94 bits per heavy atom. The Balaban J connectivity index is 1.64. The fraction of sp³-hybridized carbons (Fsp3) is 0.600. The fourth-order valence-corrected chi connectivity index (χ4v) is 3.50. The molecule has 0 aromatic heterocycles. The molecule has 3 rings (SSSR count). The minimum Gasteiger partial charge on any atom is -0.393 e. The van der Waals surface area contributed by atoms with Gasteiger partial charge < -0.3 is 5.11 Å². The lowest BCUT2D eigenvalue weighted by Crippen LogP contribution is -2.31. The quantitative estimate of drug-likeness (QED) is 0.844. The Kier molecular flexibility index (Phi) is 3.17. The number of aliphatic hydroxyl groups is 1. The Hall–Kier alpha value is -0.860. The molecule has 0 amide bonds. The second kappa shape index (κ2) is 4.79. The molecule has 2 heteroatoms. The summed E-state index contributed by atoms with van der Waals surface area (Å²) in [6.07, 6.45) is 3.49. The molecule has 0 bridgehead atoms. The highest BCUT2D eigenvalue weighted by atomic mass is 16.3. The van der Waals surface area contributed by atoms with E-state index in [1.165, 1.54) is 24.9 Å². The highest BCUT2D eigenvalue weighted by Gasteiger charge is 2.39. The van der Waals surface area contributed by atoms with Crippen LogP contribution in [0.15, 0.2) is 30.3 Å². The summed E-state index contributed by atoms with van der Waals surface area (Å²) in [5.74, 6) is 1.27. The number of hydrogen-bond donors (Lipinski definition) is 1. The summed E-state index contributed by atoms with van der Waals surface area (Å²) in [6.45, 7) is 3.30. The first-order valence-corrected chi connectivity index (χ1v) is 6.77. The third-order valence-corrected chi connectivity index (χ3v) is 4.39. The lowest BCUT2D eigenvalue weighted by Gasteiger charge is -2.28. The van der Waals surface area contributed by atoms with Gasteiger partial charge in [0.25, 0.3) is 0 Å². The zero-order valence-corrected chi connectivity index (χ0v) is 10.3. The molecule has 2 aliphatic rings. The molecule has 1 saturated carbocycles. The van der Waals surface area contributed by atoms with E-state index in [0.29, 0.717) is 5.92 Å². The number of nitrogens with zero attached hydrogens (tertiary/aromatic N) is 1.